The summed E-state index contributed by atoms with van der Waals surface area (Å²) in [5, 5.41) is 2.61. The highest BCUT2D eigenvalue weighted by Crippen LogP contribution is 2.22. The second-order valence-electron chi connectivity index (χ2n) is 7.53. The molecule has 0 radical (unpaired) electrons. The van der Waals surface area contributed by atoms with Gasteiger partial charge >= 0.3 is 0 Å². The van der Waals surface area contributed by atoms with Gasteiger partial charge in [-0.15, -0.1) is 0 Å². The summed E-state index contributed by atoms with van der Waals surface area (Å²) in [7, 11) is -7.22. The molecule has 1 aliphatic rings. The predicted molar refractivity (Wildman–Crippen MR) is 117 cm³/mol. The molecule has 1 fully saturated rings. The number of hydrogen-bond acceptors (Lipinski definition) is 6. The first kappa shape index (κ1) is 23.4. The van der Waals surface area contributed by atoms with Crippen LogP contribution >= 0.6 is 0 Å². The number of carbonyl (C=O) groups excluding carboxylic acids is 1. The Kier molecular flexibility index (Phi) is 7.15. The number of anilines is 1. The maximum absolute atomic E-state index is 12.9. The van der Waals surface area contributed by atoms with Crippen molar-refractivity contribution in [3.8, 4) is 0 Å². The Morgan fingerprint density at radius 3 is 2.10 bits per heavy atom. The molecule has 0 aliphatic carbocycles. The number of amides is 1. The van der Waals surface area contributed by atoms with Gasteiger partial charge in [0.2, 0.25) is 15.9 Å². The minimum absolute atomic E-state index is 0.124. The lowest BCUT2D eigenvalue weighted by Gasteiger charge is -2.34. The Labute approximate surface area is 183 Å². The topological polar surface area (TPSA) is 110 Å². The average Bonchev–Trinajstić information content (AvgIpc) is 2.73. The highest BCUT2D eigenvalue weighted by molar-refractivity contribution is 7.91. The lowest BCUT2D eigenvalue weighted by atomic mass is 10.3. The molecule has 0 bridgehead atoms. The van der Waals surface area contributed by atoms with Crippen molar-refractivity contribution in [2.24, 2.45) is 0 Å². The van der Waals surface area contributed by atoms with Crippen LogP contribution in [0.3, 0.4) is 0 Å². The molecule has 1 N–H and O–H groups in total. The van der Waals surface area contributed by atoms with Gasteiger partial charge in [0.15, 0.2) is 9.84 Å². The number of sulfone groups is 1. The molecule has 10 heteroatoms. The van der Waals surface area contributed by atoms with E-state index < -0.39 is 25.8 Å². The van der Waals surface area contributed by atoms with Crippen molar-refractivity contribution < 1.29 is 26.4 Å². The van der Waals surface area contributed by atoms with Gasteiger partial charge in [-0.05, 0) is 50.2 Å². The Morgan fingerprint density at radius 1 is 0.935 bits per heavy atom. The van der Waals surface area contributed by atoms with E-state index in [0.29, 0.717) is 5.69 Å². The Bertz CT molecular complexity index is 1110. The Morgan fingerprint density at radius 2 is 1.52 bits per heavy atom. The fourth-order valence-electron chi connectivity index (χ4n) is 3.38. The van der Waals surface area contributed by atoms with Gasteiger partial charge in [0.25, 0.3) is 0 Å². The minimum atomic E-state index is -3.67. The quantitative estimate of drug-likeness (QED) is 0.670. The molecule has 1 aliphatic heterocycles. The lowest BCUT2D eigenvalue weighted by Crippen LogP contribution is -2.48. The molecule has 1 saturated heterocycles. The van der Waals surface area contributed by atoms with E-state index in [1.54, 1.807) is 18.2 Å². The third-order valence-electron chi connectivity index (χ3n) is 4.86. The zero-order chi connectivity index (χ0) is 22.6. The number of carbonyl (C=O) groups is 1. The normalized spacial score (nSPS) is 20.3. The molecule has 2 aromatic carbocycles. The first-order valence-electron chi connectivity index (χ1n) is 9.91. The zero-order valence-corrected chi connectivity index (χ0v) is 19.0. The Hall–Kier alpha value is -2.27. The average molecular weight is 467 g/mol. The fourth-order valence-corrected chi connectivity index (χ4v) is 6.23. The molecule has 0 aromatic heterocycles. The van der Waals surface area contributed by atoms with Gasteiger partial charge in [-0.3, -0.25) is 4.79 Å². The third kappa shape index (κ3) is 5.91. The van der Waals surface area contributed by atoms with Gasteiger partial charge in [-0.2, -0.15) is 4.31 Å². The molecule has 8 nitrogen and oxygen atoms in total. The molecular formula is C21H26N2O6S2. The smallest absolute Gasteiger partial charge is 0.243 e. The summed E-state index contributed by atoms with van der Waals surface area (Å²) in [4.78, 5) is 12.5. The van der Waals surface area contributed by atoms with Crippen LogP contribution in [0.2, 0.25) is 0 Å². The second kappa shape index (κ2) is 9.47. The summed E-state index contributed by atoms with van der Waals surface area (Å²) in [6, 6.07) is 13.8. The van der Waals surface area contributed by atoms with Crippen molar-refractivity contribution in [3.63, 3.8) is 0 Å². The SMILES string of the molecule is CC1CN(S(=O)(=O)c2ccc(NC(=O)CCS(=O)(=O)c3ccccc3)cc2)CC(C)O1. The number of hydrogen-bond donors (Lipinski definition) is 1. The van der Waals surface area contributed by atoms with E-state index in [9.17, 15) is 21.6 Å². The number of morpholine rings is 1. The van der Waals surface area contributed by atoms with Crippen LogP contribution in [0.4, 0.5) is 5.69 Å². The van der Waals surface area contributed by atoms with Gasteiger partial charge in [0.1, 0.15) is 0 Å². The molecule has 1 amide bonds. The Balaban J connectivity index is 1.61. The second-order valence-corrected chi connectivity index (χ2v) is 11.6. The van der Waals surface area contributed by atoms with Crippen LogP contribution in [0.1, 0.15) is 20.3 Å². The molecule has 3 rings (SSSR count). The minimum Gasteiger partial charge on any atom is -0.373 e. The van der Waals surface area contributed by atoms with Crippen LogP contribution in [-0.4, -0.2) is 58.1 Å². The van der Waals surface area contributed by atoms with Crippen molar-refractivity contribution in [2.75, 3.05) is 24.2 Å². The largest absolute Gasteiger partial charge is 0.373 e. The van der Waals surface area contributed by atoms with E-state index >= 15 is 0 Å². The van der Waals surface area contributed by atoms with Gasteiger partial charge in [-0.1, -0.05) is 18.2 Å². The maximum atomic E-state index is 12.9. The summed E-state index contributed by atoms with van der Waals surface area (Å²) in [5.74, 6) is -0.783. The van der Waals surface area contributed by atoms with Crippen molar-refractivity contribution >= 4 is 31.5 Å². The van der Waals surface area contributed by atoms with E-state index in [2.05, 4.69) is 5.32 Å². The zero-order valence-electron chi connectivity index (χ0n) is 17.4. The number of nitrogens with zero attached hydrogens (tertiary/aromatic N) is 1. The molecule has 31 heavy (non-hydrogen) atoms. The van der Waals surface area contributed by atoms with Crippen LogP contribution in [-0.2, 0) is 29.4 Å². The monoisotopic (exact) mass is 466 g/mol. The number of sulfonamides is 1. The van der Waals surface area contributed by atoms with Gasteiger partial charge in [-0.25, -0.2) is 16.8 Å². The van der Waals surface area contributed by atoms with E-state index in [1.807, 2.05) is 13.8 Å². The van der Waals surface area contributed by atoms with Gasteiger partial charge < -0.3 is 10.1 Å². The molecular weight excluding hydrogens is 440 g/mol. The first-order chi connectivity index (χ1) is 14.6. The third-order valence-corrected chi connectivity index (χ3v) is 8.44. The standard InChI is InChI=1S/C21H26N2O6S2/c1-16-14-23(15-17(2)29-16)31(27,28)20-10-8-18(9-11-20)22-21(24)12-13-30(25,26)19-6-4-3-5-7-19/h3-11,16-17H,12-15H2,1-2H3,(H,22,24). The fraction of sp³-hybridized carbons (Fsp3) is 0.381. The summed E-state index contributed by atoms with van der Waals surface area (Å²) in [6.45, 7) is 4.21. The van der Waals surface area contributed by atoms with Crippen LogP contribution in [0.5, 0.6) is 0 Å². The summed E-state index contributed by atoms with van der Waals surface area (Å²) < 4.78 is 57.3. The van der Waals surface area contributed by atoms with E-state index in [1.165, 1.54) is 40.7 Å². The van der Waals surface area contributed by atoms with Crippen LogP contribution in [0.15, 0.2) is 64.4 Å². The molecule has 2 aromatic rings. The number of benzene rings is 2. The summed E-state index contributed by atoms with van der Waals surface area (Å²) in [6.07, 6.45) is -0.589. The van der Waals surface area contributed by atoms with Gasteiger partial charge in [0.05, 0.1) is 27.8 Å². The molecule has 2 atom stereocenters. The van der Waals surface area contributed by atoms with Gasteiger partial charge in [0, 0.05) is 25.2 Å². The number of ether oxygens (including phenoxy) is 1. The highest BCUT2D eigenvalue weighted by Gasteiger charge is 2.32. The lowest BCUT2D eigenvalue weighted by molar-refractivity contribution is -0.115. The van der Waals surface area contributed by atoms with E-state index in [4.69, 9.17) is 4.74 Å². The van der Waals surface area contributed by atoms with E-state index in [-0.39, 0.29) is 47.3 Å². The van der Waals surface area contributed by atoms with Crippen molar-refractivity contribution in [2.45, 2.75) is 42.3 Å². The van der Waals surface area contributed by atoms with E-state index in [0.717, 1.165) is 0 Å². The van der Waals surface area contributed by atoms with Crippen LogP contribution in [0, 0.1) is 0 Å². The van der Waals surface area contributed by atoms with Crippen molar-refractivity contribution in [1.82, 2.24) is 4.31 Å². The first-order valence-corrected chi connectivity index (χ1v) is 13.0. The summed E-state index contributed by atoms with van der Waals surface area (Å²) >= 11 is 0. The number of rotatable bonds is 7. The van der Waals surface area contributed by atoms with Crippen molar-refractivity contribution in [3.05, 3.63) is 54.6 Å². The predicted octanol–water partition coefficient (Wildman–Crippen LogP) is 2.29. The molecule has 0 spiro atoms. The maximum Gasteiger partial charge on any atom is 0.243 e. The molecule has 0 saturated carbocycles. The molecule has 1 heterocycles. The highest BCUT2D eigenvalue weighted by atomic mass is 32.2. The molecule has 168 valence electrons. The number of nitrogens with one attached hydrogen (secondary N) is 1. The summed E-state index contributed by atoms with van der Waals surface area (Å²) in [5.41, 5.74) is 0.393. The van der Waals surface area contributed by atoms with Crippen LogP contribution < -0.4 is 5.32 Å². The van der Waals surface area contributed by atoms with Crippen LogP contribution in [0.25, 0.3) is 0 Å². The van der Waals surface area contributed by atoms with Crippen molar-refractivity contribution in [1.29, 1.82) is 0 Å². The molecule has 2 unspecified atom stereocenters.